The third-order valence-corrected chi connectivity index (χ3v) is 1.85. The van der Waals surface area contributed by atoms with Crippen LogP contribution in [0.1, 0.15) is 19.8 Å². The first kappa shape index (κ1) is 7.55. The van der Waals surface area contributed by atoms with Gasteiger partial charge in [-0.05, 0) is 12.8 Å². The highest BCUT2D eigenvalue weighted by molar-refractivity contribution is 5.23. The Morgan fingerprint density at radius 3 is 2.90 bits per heavy atom. The van der Waals surface area contributed by atoms with Crippen molar-refractivity contribution < 1.29 is 4.74 Å². The fourth-order valence-corrected chi connectivity index (χ4v) is 1.08. The molecule has 0 aromatic carbocycles. The molecule has 1 nitrogen and oxygen atoms in total. The molecule has 0 aromatic heterocycles. The van der Waals surface area contributed by atoms with Crippen molar-refractivity contribution in [3.63, 3.8) is 0 Å². The lowest BCUT2D eigenvalue weighted by molar-refractivity contribution is 0.142. The molecule has 1 atom stereocenters. The van der Waals surface area contributed by atoms with E-state index in [1.165, 1.54) is 5.57 Å². The van der Waals surface area contributed by atoms with Crippen LogP contribution in [0.2, 0.25) is 0 Å². The lowest BCUT2D eigenvalue weighted by Gasteiger charge is -2.13. The first-order chi connectivity index (χ1) is 4.86. The van der Waals surface area contributed by atoms with E-state index in [9.17, 15) is 0 Å². The molecule has 0 saturated heterocycles. The molecule has 0 N–H and O–H groups in total. The molecular weight excluding hydrogens is 124 g/mol. The number of methoxy groups -OCH3 is 1. The summed E-state index contributed by atoms with van der Waals surface area (Å²) in [6.45, 7) is 2.17. The zero-order valence-electron chi connectivity index (χ0n) is 6.63. The first-order valence-corrected chi connectivity index (χ1v) is 3.77. The van der Waals surface area contributed by atoms with Crippen LogP contribution in [0.15, 0.2) is 23.8 Å². The van der Waals surface area contributed by atoms with Gasteiger partial charge >= 0.3 is 0 Å². The van der Waals surface area contributed by atoms with Crippen molar-refractivity contribution in [2.75, 3.05) is 7.11 Å². The lowest BCUT2D eigenvalue weighted by Crippen LogP contribution is -2.07. The Morgan fingerprint density at radius 1 is 1.70 bits per heavy atom. The molecule has 1 aliphatic rings. The third kappa shape index (κ3) is 1.71. The van der Waals surface area contributed by atoms with E-state index in [4.69, 9.17) is 4.74 Å². The van der Waals surface area contributed by atoms with Crippen LogP contribution in [0.4, 0.5) is 0 Å². The highest BCUT2D eigenvalue weighted by Gasteiger charge is 2.04. The predicted octanol–water partition coefficient (Wildman–Crippen LogP) is 2.30. The molecule has 0 unspecified atom stereocenters. The zero-order valence-corrected chi connectivity index (χ0v) is 6.63. The van der Waals surface area contributed by atoms with Crippen molar-refractivity contribution in [2.45, 2.75) is 25.9 Å². The summed E-state index contributed by atoms with van der Waals surface area (Å²) < 4.78 is 5.15. The summed E-state index contributed by atoms with van der Waals surface area (Å²) in [5.41, 5.74) is 1.42. The molecule has 0 bridgehead atoms. The van der Waals surface area contributed by atoms with Crippen LogP contribution in [0.3, 0.4) is 0 Å². The number of ether oxygens (including phenoxy) is 1. The van der Waals surface area contributed by atoms with E-state index in [0.29, 0.717) is 6.10 Å². The highest BCUT2D eigenvalue weighted by atomic mass is 16.5. The number of hydrogen-bond acceptors (Lipinski definition) is 1. The summed E-state index contributed by atoms with van der Waals surface area (Å²) >= 11 is 0. The Hall–Kier alpha value is -0.560. The van der Waals surface area contributed by atoms with E-state index in [0.717, 1.165) is 12.8 Å². The van der Waals surface area contributed by atoms with Crippen molar-refractivity contribution in [1.29, 1.82) is 0 Å². The highest BCUT2D eigenvalue weighted by Crippen LogP contribution is 2.14. The van der Waals surface area contributed by atoms with Gasteiger partial charge in [0.2, 0.25) is 0 Å². The molecule has 0 saturated carbocycles. The zero-order chi connectivity index (χ0) is 7.40. The monoisotopic (exact) mass is 138 g/mol. The second-order valence-electron chi connectivity index (χ2n) is 2.50. The van der Waals surface area contributed by atoms with Crippen LogP contribution in [0.5, 0.6) is 0 Å². The van der Waals surface area contributed by atoms with Gasteiger partial charge in [-0.25, -0.2) is 0 Å². The second-order valence-corrected chi connectivity index (χ2v) is 2.50. The predicted molar refractivity (Wildman–Crippen MR) is 42.9 cm³/mol. The molecule has 10 heavy (non-hydrogen) atoms. The van der Waals surface area contributed by atoms with E-state index in [1.54, 1.807) is 7.11 Å². The molecule has 0 radical (unpaired) electrons. The van der Waals surface area contributed by atoms with Crippen LogP contribution in [-0.2, 0) is 4.74 Å². The minimum absolute atomic E-state index is 0.315. The van der Waals surface area contributed by atoms with Gasteiger partial charge in [-0.2, -0.15) is 0 Å². The fourth-order valence-electron chi connectivity index (χ4n) is 1.08. The quantitative estimate of drug-likeness (QED) is 0.569. The van der Waals surface area contributed by atoms with Crippen molar-refractivity contribution >= 4 is 0 Å². The molecule has 0 spiro atoms. The minimum Gasteiger partial charge on any atom is -0.377 e. The van der Waals surface area contributed by atoms with E-state index >= 15 is 0 Å². The molecule has 1 heteroatoms. The van der Waals surface area contributed by atoms with Crippen LogP contribution in [-0.4, -0.2) is 13.2 Å². The molecule has 56 valence electrons. The Labute approximate surface area is 62.4 Å². The summed E-state index contributed by atoms with van der Waals surface area (Å²) in [5, 5.41) is 0. The Morgan fingerprint density at radius 2 is 2.50 bits per heavy atom. The SMILES string of the molecule is CCC1=CC[C@@H](OC)C=C1. The number of hydrogen-bond donors (Lipinski definition) is 0. The normalized spacial score (nSPS) is 24.6. The van der Waals surface area contributed by atoms with Gasteiger partial charge in [0.1, 0.15) is 0 Å². The summed E-state index contributed by atoms with van der Waals surface area (Å²) in [5.74, 6) is 0. The average Bonchev–Trinajstić information content (AvgIpc) is 2.05. The van der Waals surface area contributed by atoms with Gasteiger partial charge in [0.25, 0.3) is 0 Å². The summed E-state index contributed by atoms with van der Waals surface area (Å²) in [6.07, 6.45) is 9.00. The Bertz CT molecular complexity index is 156. The lowest BCUT2D eigenvalue weighted by atomic mass is 10.0. The van der Waals surface area contributed by atoms with Crippen LogP contribution < -0.4 is 0 Å². The largest absolute Gasteiger partial charge is 0.377 e. The van der Waals surface area contributed by atoms with Gasteiger partial charge in [-0.15, -0.1) is 0 Å². The van der Waals surface area contributed by atoms with Crippen molar-refractivity contribution in [2.24, 2.45) is 0 Å². The van der Waals surface area contributed by atoms with Gasteiger partial charge < -0.3 is 4.74 Å². The molecule has 0 aliphatic heterocycles. The van der Waals surface area contributed by atoms with Crippen molar-refractivity contribution in [1.82, 2.24) is 0 Å². The Kier molecular flexibility index (Phi) is 2.69. The molecule has 1 aliphatic carbocycles. The summed E-state index contributed by atoms with van der Waals surface area (Å²) in [7, 11) is 1.75. The number of rotatable bonds is 2. The molecule has 0 fully saturated rings. The first-order valence-electron chi connectivity index (χ1n) is 3.77. The minimum atomic E-state index is 0.315. The van der Waals surface area contributed by atoms with Crippen LogP contribution in [0.25, 0.3) is 0 Å². The van der Waals surface area contributed by atoms with Crippen molar-refractivity contribution in [3.05, 3.63) is 23.8 Å². The molecule has 0 heterocycles. The molecule has 0 aromatic rings. The van der Waals surface area contributed by atoms with Crippen LogP contribution in [0, 0.1) is 0 Å². The molecule has 1 rings (SSSR count). The number of allylic oxidation sites excluding steroid dienone is 2. The standard InChI is InChI=1S/C9H14O/c1-3-8-4-6-9(10-2)7-5-8/h4-6,9H,3,7H2,1-2H3/t9-/m0/s1. The topological polar surface area (TPSA) is 9.23 Å². The van der Waals surface area contributed by atoms with Crippen LogP contribution >= 0.6 is 0 Å². The molecular formula is C9H14O. The van der Waals surface area contributed by atoms with Gasteiger partial charge in [-0.3, -0.25) is 0 Å². The van der Waals surface area contributed by atoms with E-state index in [-0.39, 0.29) is 0 Å². The smallest absolute Gasteiger partial charge is 0.0789 e. The average molecular weight is 138 g/mol. The van der Waals surface area contributed by atoms with Gasteiger partial charge in [-0.1, -0.05) is 30.7 Å². The maximum Gasteiger partial charge on any atom is 0.0789 e. The molecule has 0 amide bonds. The van der Waals surface area contributed by atoms with Crippen molar-refractivity contribution in [3.8, 4) is 0 Å². The Balaban J connectivity index is 2.46. The van der Waals surface area contributed by atoms with Gasteiger partial charge in [0, 0.05) is 7.11 Å². The summed E-state index contributed by atoms with van der Waals surface area (Å²) in [6, 6.07) is 0. The van der Waals surface area contributed by atoms with E-state index < -0.39 is 0 Å². The van der Waals surface area contributed by atoms with Gasteiger partial charge in [0.05, 0.1) is 6.10 Å². The maximum atomic E-state index is 5.15. The van der Waals surface area contributed by atoms with E-state index in [1.807, 2.05) is 0 Å². The van der Waals surface area contributed by atoms with Gasteiger partial charge in [0.15, 0.2) is 0 Å². The fraction of sp³-hybridized carbons (Fsp3) is 0.556. The van der Waals surface area contributed by atoms with E-state index in [2.05, 4.69) is 25.2 Å². The third-order valence-electron chi connectivity index (χ3n) is 1.85. The summed E-state index contributed by atoms with van der Waals surface area (Å²) in [4.78, 5) is 0. The maximum absolute atomic E-state index is 5.15. The second kappa shape index (κ2) is 3.57.